The minimum absolute atomic E-state index is 0.0123. The second kappa shape index (κ2) is 5.07. The minimum atomic E-state index is -1.05. The number of carbonyl (C=O) groups is 2. The van der Waals surface area contributed by atoms with Crippen LogP contribution in [0.3, 0.4) is 0 Å². The van der Waals surface area contributed by atoms with Gasteiger partial charge in [-0.2, -0.15) is 0 Å². The lowest BCUT2D eigenvalue weighted by Crippen LogP contribution is -2.32. The third kappa shape index (κ3) is 2.43. The Morgan fingerprint density at radius 1 is 1.30 bits per heavy atom. The molecule has 1 amide bonds. The maximum absolute atomic E-state index is 12.1. The van der Waals surface area contributed by atoms with Crippen LogP contribution in [0.5, 0.6) is 0 Å². The summed E-state index contributed by atoms with van der Waals surface area (Å²) in [7, 11) is 0. The fourth-order valence-corrected chi connectivity index (χ4v) is 3.06. The number of nitrogens with one attached hydrogen (secondary N) is 1. The molecular formula is C15H16N2O3. The Morgan fingerprint density at radius 2 is 2.15 bits per heavy atom. The van der Waals surface area contributed by atoms with E-state index in [4.69, 9.17) is 5.11 Å². The Labute approximate surface area is 116 Å². The van der Waals surface area contributed by atoms with Gasteiger partial charge in [-0.15, -0.1) is 0 Å². The van der Waals surface area contributed by atoms with Crippen LogP contribution in [0.15, 0.2) is 30.5 Å². The Balaban J connectivity index is 1.55. The maximum Gasteiger partial charge on any atom is 0.354 e. The highest BCUT2D eigenvalue weighted by molar-refractivity contribution is 5.85. The SMILES string of the molecule is O=C(O)c1ccc(CNC(=O)C2CC3C=CC2C3)cn1. The van der Waals surface area contributed by atoms with Crippen molar-refractivity contribution >= 4 is 11.9 Å². The Hall–Kier alpha value is -2.17. The topological polar surface area (TPSA) is 79.3 Å². The van der Waals surface area contributed by atoms with Crippen LogP contribution in [0.2, 0.25) is 0 Å². The van der Waals surface area contributed by atoms with E-state index in [0.29, 0.717) is 18.4 Å². The second-order valence-corrected chi connectivity index (χ2v) is 5.46. The summed E-state index contributed by atoms with van der Waals surface area (Å²) in [4.78, 5) is 26.6. The molecule has 3 rings (SSSR count). The van der Waals surface area contributed by atoms with E-state index in [9.17, 15) is 9.59 Å². The zero-order valence-corrected chi connectivity index (χ0v) is 11.0. The van der Waals surface area contributed by atoms with E-state index in [2.05, 4.69) is 22.5 Å². The molecule has 104 valence electrons. The van der Waals surface area contributed by atoms with Crippen molar-refractivity contribution in [1.29, 1.82) is 0 Å². The number of rotatable bonds is 4. The van der Waals surface area contributed by atoms with Crippen LogP contribution in [-0.4, -0.2) is 22.0 Å². The van der Waals surface area contributed by atoms with E-state index in [1.54, 1.807) is 6.07 Å². The zero-order valence-electron chi connectivity index (χ0n) is 11.0. The summed E-state index contributed by atoms with van der Waals surface area (Å²) in [5.74, 6) is 0.106. The molecule has 0 aliphatic heterocycles. The quantitative estimate of drug-likeness (QED) is 0.816. The van der Waals surface area contributed by atoms with Gasteiger partial charge >= 0.3 is 5.97 Å². The first-order chi connectivity index (χ1) is 9.63. The lowest BCUT2D eigenvalue weighted by Gasteiger charge is -2.17. The largest absolute Gasteiger partial charge is 0.477 e. The number of hydrogen-bond donors (Lipinski definition) is 2. The summed E-state index contributed by atoms with van der Waals surface area (Å²) >= 11 is 0. The molecule has 0 spiro atoms. The molecule has 1 aromatic heterocycles. The fourth-order valence-electron chi connectivity index (χ4n) is 3.06. The normalized spacial score (nSPS) is 26.7. The average Bonchev–Trinajstić information content (AvgIpc) is 3.08. The molecule has 1 aromatic rings. The van der Waals surface area contributed by atoms with Crippen molar-refractivity contribution in [3.05, 3.63) is 41.7 Å². The molecule has 0 radical (unpaired) electrons. The first kappa shape index (κ1) is 12.8. The molecule has 5 heteroatoms. The van der Waals surface area contributed by atoms with Gasteiger partial charge in [0.1, 0.15) is 5.69 Å². The van der Waals surface area contributed by atoms with E-state index >= 15 is 0 Å². The minimum Gasteiger partial charge on any atom is -0.477 e. The van der Waals surface area contributed by atoms with Gasteiger partial charge in [-0.25, -0.2) is 9.78 Å². The van der Waals surface area contributed by atoms with E-state index in [1.165, 1.54) is 12.3 Å². The van der Waals surface area contributed by atoms with Crippen molar-refractivity contribution < 1.29 is 14.7 Å². The molecule has 1 fully saturated rings. The number of aromatic nitrogens is 1. The summed E-state index contributed by atoms with van der Waals surface area (Å²) in [5.41, 5.74) is 0.820. The van der Waals surface area contributed by atoms with E-state index in [1.807, 2.05) is 0 Å². The summed E-state index contributed by atoms with van der Waals surface area (Å²) in [6.45, 7) is 0.392. The highest BCUT2D eigenvalue weighted by Gasteiger charge is 2.39. The lowest BCUT2D eigenvalue weighted by atomic mass is 9.93. The van der Waals surface area contributed by atoms with E-state index < -0.39 is 5.97 Å². The summed E-state index contributed by atoms with van der Waals surface area (Å²) < 4.78 is 0. The number of amides is 1. The molecule has 2 bridgehead atoms. The monoisotopic (exact) mass is 272 g/mol. The smallest absolute Gasteiger partial charge is 0.354 e. The molecule has 1 heterocycles. The van der Waals surface area contributed by atoms with Crippen LogP contribution in [-0.2, 0) is 11.3 Å². The highest BCUT2D eigenvalue weighted by atomic mass is 16.4. The molecule has 3 atom stereocenters. The van der Waals surface area contributed by atoms with Gasteiger partial charge in [0.25, 0.3) is 0 Å². The first-order valence-corrected chi connectivity index (χ1v) is 6.78. The summed E-state index contributed by atoms with van der Waals surface area (Å²) in [6.07, 6.45) is 7.91. The van der Waals surface area contributed by atoms with Crippen LogP contribution in [0.1, 0.15) is 28.9 Å². The molecule has 0 aromatic carbocycles. The number of carboxylic acid groups (broad SMARTS) is 1. The maximum atomic E-state index is 12.1. The number of hydrogen-bond acceptors (Lipinski definition) is 3. The standard InChI is InChI=1S/C15H16N2O3/c18-14(12-6-9-1-3-11(12)5-9)17-8-10-2-4-13(15(19)20)16-7-10/h1-4,7,9,11-12H,5-6,8H2,(H,17,18)(H,19,20). The van der Waals surface area contributed by atoms with Crippen molar-refractivity contribution in [1.82, 2.24) is 10.3 Å². The fraction of sp³-hybridized carbons (Fsp3) is 0.400. The molecule has 2 aliphatic carbocycles. The molecule has 5 nitrogen and oxygen atoms in total. The van der Waals surface area contributed by atoms with Crippen LogP contribution < -0.4 is 5.32 Å². The molecule has 3 unspecified atom stereocenters. The van der Waals surface area contributed by atoms with Crippen molar-refractivity contribution in [2.45, 2.75) is 19.4 Å². The highest BCUT2D eigenvalue weighted by Crippen LogP contribution is 2.43. The Kier molecular flexibility index (Phi) is 3.26. The van der Waals surface area contributed by atoms with Crippen molar-refractivity contribution in [3.8, 4) is 0 Å². The molecule has 20 heavy (non-hydrogen) atoms. The third-order valence-corrected chi connectivity index (χ3v) is 4.13. The number of allylic oxidation sites excluding steroid dienone is 2. The summed E-state index contributed by atoms with van der Waals surface area (Å²) in [6, 6.07) is 3.13. The number of pyridine rings is 1. The number of carbonyl (C=O) groups excluding carboxylic acids is 1. The van der Waals surface area contributed by atoms with Gasteiger partial charge in [0.15, 0.2) is 0 Å². The average molecular weight is 272 g/mol. The number of carboxylic acids is 1. The lowest BCUT2D eigenvalue weighted by molar-refractivity contribution is -0.125. The Morgan fingerprint density at radius 3 is 2.70 bits per heavy atom. The first-order valence-electron chi connectivity index (χ1n) is 6.78. The Bertz CT molecular complexity index is 565. The van der Waals surface area contributed by atoms with Crippen LogP contribution >= 0.6 is 0 Å². The van der Waals surface area contributed by atoms with Crippen LogP contribution in [0, 0.1) is 17.8 Å². The van der Waals surface area contributed by atoms with Crippen LogP contribution in [0.25, 0.3) is 0 Å². The van der Waals surface area contributed by atoms with Gasteiger partial charge in [0.2, 0.25) is 5.91 Å². The van der Waals surface area contributed by atoms with Crippen molar-refractivity contribution in [2.24, 2.45) is 17.8 Å². The van der Waals surface area contributed by atoms with Gasteiger partial charge in [-0.3, -0.25) is 4.79 Å². The number of aromatic carboxylic acids is 1. The predicted octanol–water partition coefficient (Wildman–Crippen LogP) is 1.61. The molecule has 2 aliphatic rings. The van der Waals surface area contributed by atoms with Gasteiger partial charge in [0, 0.05) is 18.7 Å². The molecule has 1 saturated carbocycles. The van der Waals surface area contributed by atoms with Gasteiger partial charge < -0.3 is 10.4 Å². The molecular weight excluding hydrogens is 256 g/mol. The van der Waals surface area contributed by atoms with Gasteiger partial charge in [-0.1, -0.05) is 18.2 Å². The zero-order chi connectivity index (χ0) is 14.1. The van der Waals surface area contributed by atoms with Crippen molar-refractivity contribution in [3.63, 3.8) is 0 Å². The molecule has 2 N–H and O–H groups in total. The van der Waals surface area contributed by atoms with Crippen LogP contribution in [0.4, 0.5) is 0 Å². The van der Waals surface area contributed by atoms with Crippen molar-refractivity contribution in [2.75, 3.05) is 0 Å². The van der Waals surface area contributed by atoms with Gasteiger partial charge in [-0.05, 0) is 36.3 Å². The summed E-state index contributed by atoms with van der Waals surface area (Å²) in [5, 5.41) is 11.7. The predicted molar refractivity (Wildman–Crippen MR) is 71.9 cm³/mol. The third-order valence-electron chi connectivity index (χ3n) is 4.13. The van der Waals surface area contributed by atoms with Gasteiger partial charge in [0.05, 0.1) is 0 Å². The second-order valence-electron chi connectivity index (χ2n) is 5.46. The molecule has 0 saturated heterocycles. The number of nitrogens with zero attached hydrogens (tertiary/aromatic N) is 1. The van der Waals surface area contributed by atoms with E-state index in [-0.39, 0.29) is 17.5 Å². The van der Waals surface area contributed by atoms with E-state index in [0.717, 1.165) is 18.4 Å². The number of fused-ring (bicyclic) bond motifs is 2.